The van der Waals surface area contributed by atoms with Gasteiger partial charge in [0, 0.05) is 17.5 Å². The number of rotatable bonds is 2. The van der Waals surface area contributed by atoms with E-state index in [0.29, 0.717) is 0 Å². The number of nitrogens with zero attached hydrogens (tertiary/aromatic N) is 1. The fourth-order valence-electron chi connectivity index (χ4n) is 1.35. The third-order valence-corrected chi connectivity index (χ3v) is 2.98. The van der Waals surface area contributed by atoms with Crippen LogP contribution in [-0.4, -0.2) is 5.91 Å². The summed E-state index contributed by atoms with van der Waals surface area (Å²) in [4.78, 5) is 11.9. The van der Waals surface area contributed by atoms with Crippen molar-refractivity contribution in [1.82, 2.24) is 0 Å². The summed E-state index contributed by atoms with van der Waals surface area (Å²) in [5.41, 5.74) is 2.76. The average molecular weight is 220 g/mol. The molecule has 1 rings (SSSR count). The van der Waals surface area contributed by atoms with Crippen LogP contribution in [0.15, 0.2) is 17.0 Å². The fourth-order valence-corrected chi connectivity index (χ4v) is 1.94. The second-order valence-electron chi connectivity index (χ2n) is 3.26. The topological polar surface area (TPSA) is 52.9 Å². The van der Waals surface area contributed by atoms with Crippen molar-refractivity contribution in [1.29, 1.82) is 5.26 Å². The molecule has 0 aliphatic carbocycles. The Bertz CT molecular complexity index is 435. The maximum absolute atomic E-state index is 10.9. The lowest BCUT2D eigenvalue weighted by molar-refractivity contribution is -0.114. The predicted octanol–water partition coefficient (Wildman–Crippen LogP) is 2.84. The van der Waals surface area contributed by atoms with Gasteiger partial charge in [-0.15, -0.1) is 0 Å². The van der Waals surface area contributed by atoms with Crippen molar-refractivity contribution in [3.8, 4) is 5.40 Å². The molecule has 1 N–H and O–H groups in total. The maximum atomic E-state index is 10.9. The van der Waals surface area contributed by atoms with Crippen LogP contribution in [0.25, 0.3) is 0 Å². The van der Waals surface area contributed by atoms with Crippen LogP contribution >= 0.6 is 11.8 Å². The summed E-state index contributed by atoms with van der Waals surface area (Å²) in [5, 5.41) is 13.5. The molecule has 0 aliphatic heterocycles. The Morgan fingerprint density at radius 1 is 1.47 bits per heavy atom. The number of hydrogen-bond acceptors (Lipinski definition) is 3. The van der Waals surface area contributed by atoms with Gasteiger partial charge in [-0.1, -0.05) is 6.07 Å². The first-order chi connectivity index (χ1) is 7.06. The lowest BCUT2D eigenvalue weighted by Gasteiger charge is -2.11. The molecule has 0 atom stereocenters. The largest absolute Gasteiger partial charge is 0.326 e. The molecule has 1 aromatic carbocycles. The first-order valence-electron chi connectivity index (χ1n) is 4.50. The van der Waals surface area contributed by atoms with Gasteiger partial charge in [-0.3, -0.25) is 4.79 Å². The number of nitriles is 1. The van der Waals surface area contributed by atoms with Gasteiger partial charge in [0.25, 0.3) is 0 Å². The molecule has 0 aromatic heterocycles. The lowest BCUT2D eigenvalue weighted by Crippen LogP contribution is -2.07. The highest BCUT2D eigenvalue weighted by atomic mass is 32.2. The van der Waals surface area contributed by atoms with Crippen LogP contribution in [0.1, 0.15) is 18.1 Å². The molecule has 3 nitrogen and oxygen atoms in total. The molecule has 78 valence electrons. The molecule has 0 fully saturated rings. The quantitative estimate of drug-likeness (QED) is 0.616. The summed E-state index contributed by atoms with van der Waals surface area (Å²) < 4.78 is 0. The minimum Gasteiger partial charge on any atom is -0.326 e. The second-order valence-corrected chi connectivity index (χ2v) is 4.05. The van der Waals surface area contributed by atoms with E-state index < -0.39 is 0 Å². The van der Waals surface area contributed by atoms with Crippen molar-refractivity contribution in [2.45, 2.75) is 25.7 Å². The molecule has 4 heteroatoms. The number of thiocyanates is 1. The van der Waals surface area contributed by atoms with E-state index in [-0.39, 0.29) is 5.91 Å². The molecule has 1 aromatic rings. The van der Waals surface area contributed by atoms with E-state index in [4.69, 9.17) is 5.26 Å². The molecule has 0 radical (unpaired) electrons. The van der Waals surface area contributed by atoms with Gasteiger partial charge in [0.05, 0.1) is 0 Å². The Morgan fingerprint density at radius 3 is 2.67 bits per heavy atom. The normalized spacial score (nSPS) is 9.47. The van der Waals surface area contributed by atoms with Crippen LogP contribution in [0.5, 0.6) is 0 Å². The summed E-state index contributed by atoms with van der Waals surface area (Å²) in [5.74, 6) is -0.102. The third-order valence-electron chi connectivity index (χ3n) is 2.06. The van der Waals surface area contributed by atoms with Gasteiger partial charge < -0.3 is 5.32 Å². The van der Waals surface area contributed by atoms with E-state index in [9.17, 15) is 4.79 Å². The molecule has 15 heavy (non-hydrogen) atoms. The van der Waals surface area contributed by atoms with Gasteiger partial charge in [0.15, 0.2) is 0 Å². The van der Waals surface area contributed by atoms with Crippen LogP contribution in [0.3, 0.4) is 0 Å². The van der Waals surface area contributed by atoms with Crippen LogP contribution in [-0.2, 0) is 4.79 Å². The smallest absolute Gasteiger partial charge is 0.221 e. The van der Waals surface area contributed by atoms with Crippen molar-refractivity contribution in [3.63, 3.8) is 0 Å². The molecule has 1 amide bonds. The number of hydrogen-bond donors (Lipinski definition) is 1. The van der Waals surface area contributed by atoms with Gasteiger partial charge in [0.1, 0.15) is 5.40 Å². The Morgan fingerprint density at radius 2 is 2.13 bits per heavy atom. The van der Waals surface area contributed by atoms with Crippen molar-refractivity contribution in [2.75, 3.05) is 5.32 Å². The van der Waals surface area contributed by atoms with Gasteiger partial charge in [0.2, 0.25) is 5.91 Å². The highest BCUT2D eigenvalue weighted by Crippen LogP contribution is 2.30. The maximum Gasteiger partial charge on any atom is 0.221 e. The van der Waals surface area contributed by atoms with Crippen LogP contribution < -0.4 is 5.32 Å². The molecule has 0 spiro atoms. The Kier molecular flexibility index (Phi) is 3.75. The minimum absolute atomic E-state index is 0.102. The monoisotopic (exact) mass is 220 g/mol. The van der Waals surface area contributed by atoms with Gasteiger partial charge in [-0.25, -0.2) is 0 Å². The highest BCUT2D eigenvalue weighted by Gasteiger charge is 2.08. The van der Waals surface area contributed by atoms with Gasteiger partial charge >= 0.3 is 0 Å². The summed E-state index contributed by atoms with van der Waals surface area (Å²) in [6.07, 6.45) is 0. The van der Waals surface area contributed by atoms with E-state index >= 15 is 0 Å². The standard InChI is InChI=1S/C11H12N2OS/c1-7-4-5-10(13-9(3)14)8(2)11(7)15-6-12/h4-5H,1-3H3,(H,13,14). The average Bonchev–Trinajstić information content (AvgIpc) is 2.16. The van der Waals surface area contributed by atoms with Gasteiger partial charge in [-0.2, -0.15) is 5.26 Å². The third kappa shape index (κ3) is 2.74. The highest BCUT2D eigenvalue weighted by molar-refractivity contribution is 8.03. The van der Waals surface area contributed by atoms with Crippen molar-refractivity contribution >= 4 is 23.4 Å². The van der Waals surface area contributed by atoms with E-state index in [1.165, 1.54) is 6.92 Å². The second kappa shape index (κ2) is 4.85. The van der Waals surface area contributed by atoms with Crippen LogP contribution in [0.2, 0.25) is 0 Å². The summed E-state index contributed by atoms with van der Waals surface area (Å²) in [6.45, 7) is 5.32. The summed E-state index contributed by atoms with van der Waals surface area (Å²) in [7, 11) is 0. The fraction of sp³-hybridized carbons (Fsp3) is 0.273. The zero-order chi connectivity index (χ0) is 11.4. The molecular formula is C11H12N2OS. The Balaban J connectivity index is 3.17. The number of anilines is 1. The van der Waals surface area contributed by atoms with E-state index in [1.54, 1.807) is 0 Å². The molecule has 0 saturated heterocycles. The molecular weight excluding hydrogens is 208 g/mol. The van der Waals surface area contributed by atoms with Crippen LogP contribution in [0.4, 0.5) is 5.69 Å². The number of amides is 1. The van der Waals surface area contributed by atoms with Crippen molar-refractivity contribution in [2.24, 2.45) is 0 Å². The summed E-state index contributed by atoms with van der Waals surface area (Å²) in [6, 6.07) is 3.76. The number of aryl methyl sites for hydroxylation is 1. The SMILES string of the molecule is CC(=O)Nc1ccc(C)c(SC#N)c1C. The van der Waals surface area contributed by atoms with E-state index in [1.807, 2.05) is 26.0 Å². The number of thioether (sulfide) groups is 1. The van der Waals surface area contributed by atoms with Crippen molar-refractivity contribution in [3.05, 3.63) is 23.3 Å². The molecule has 0 bridgehead atoms. The van der Waals surface area contributed by atoms with Gasteiger partial charge in [-0.05, 0) is 42.8 Å². The van der Waals surface area contributed by atoms with E-state index in [0.717, 1.165) is 33.5 Å². The molecule has 0 saturated carbocycles. The molecule has 0 unspecified atom stereocenters. The zero-order valence-electron chi connectivity index (χ0n) is 8.92. The molecule has 0 heterocycles. The zero-order valence-corrected chi connectivity index (χ0v) is 9.73. The number of carbonyl (C=O) groups excluding carboxylic acids is 1. The van der Waals surface area contributed by atoms with E-state index in [2.05, 4.69) is 10.7 Å². The Labute approximate surface area is 93.5 Å². The number of nitrogens with one attached hydrogen (secondary N) is 1. The first-order valence-corrected chi connectivity index (χ1v) is 5.31. The first kappa shape index (κ1) is 11.6. The van der Waals surface area contributed by atoms with Crippen LogP contribution in [0, 0.1) is 24.5 Å². The Hall–Kier alpha value is -1.47. The van der Waals surface area contributed by atoms with Crippen molar-refractivity contribution < 1.29 is 4.79 Å². The number of benzene rings is 1. The molecule has 0 aliphatic rings. The lowest BCUT2D eigenvalue weighted by atomic mass is 10.1. The summed E-state index contributed by atoms with van der Waals surface area (Å²) >= 11 is 1.12. The predicted molar refractivity (Wildman–Crippen MR) is 61.7 cm³/mol. The number of carbonyl (C=O) groups is 1. The minimum atomic E-state index is -0.102.